The fraction of sp³-hybridized carbons (Fsp3) is 0.733. The molecule has 134 valence electrons. The van der Waals surface area contributed by atoms with Gasteiger partial charge < -0.3 is 16.0 Å². The third-order valence-corrected chi connectivity index (χ3v) is 5.00. The quantitative estimate of drug-likeness (QED) is 0.711. The number of nitrogens with two attached hydrogens (primary N) is 1. The summed E-state index contributed by atoms with van der Waals surface area (Å²) < 4.78 is 0. The standard InChI is InChI=1S/C15H26N4OS.2ClH/c1-19(12-6-3-2-4-7-12)9-5-8-17-15(20)13-11-21-14(10-16)18-13;;/h11-12H,2-10,16H2,1H3,(H,17,20);2*1H. The molecular weight excluding hydrogens is 355 g/mol. The van der Waals surface area contributed by atoms with Crippen LogP contribution in [0.3, 0.4) is 0 Å². The predicted molar refractivity (Wildman–Crippen MR) is 101 cm³/mol. The van der Waals surface area contributed by atoms with Crippen LogP contribution < -0.4 is 11.1 Å². The van der Waals surface area contributed by atoms with Crippen molar-refractivity contribution in [2.45, 2.75) is 51.1 Å². The smallest absolute Gasteiger partial charge is 0.270 e. The molecule has 0 spiro atoms. The second kappa shape index (κ2) is 12.0. The van der Waals surface area contributed by atoms with Gasteiger partial charge in [-0.15, -0.1) is 36.2 Å². The van der Waals surface area contributed by atoms with Crippen LogP contribution in [-0.4, -0.2) is 42.0 Å². The largest absolute Gasteiger partial charge is 0.351 e. The molecule has 0 unspecified atom stereocenters. The van der Waals surface area contributed by atoms with Crippen molar-refractivity contribution in [1.82, 2.24) is 15.2 Å². The molecule has 2 rings (SSSR count). The molecule has 3 N–H and O–H groups in total. The van der Waals surface area contributed by atoms with Gasteiger partial charge in [-0.25, -0.2) is 4.98 Å². The molecule has 0 aliphatic heterocycles. The molecule has 0 atom stereocenters. The first-order valence-corrected chi connectivity index (χ1v) is 8.71. The van der Waals surface area contributed by atoms with Gasteiger partial charge in [0, 0.05) is 24.5 Å². The van der Waals surface area contributed by atoms with Crippen molar-refractivity contribution in [1.29, 1.82) is 0 Å². The van der Waals surface area contributed by atoms with Crippen LogP contribution in [0.25, 0.3) is 0 Å². The minimum Gasteiger partial charge on any atom is -0.351 e. The molecule has 5 nitrogen and oxygen atoms in total. The maximum absolute atomic E-state index is 11.9. The van der Waals surface area contributed by atoms with Gasteiger partial charge >= 0.3 is 0 Å². The van der Waals surface area contributed by atoms with Gasteiger partial charge in [-0.05, 0) is 32.9 Å². The number of nitrogens with one attached hydrogen (secondary N) is 1. The number of rotatable bonds is 7. The molecule has 8 heteroatoms. The third kappa shape index (κ3) is 7.35. The van der Waals surface area contributed by atoms with Crippen molar-refractivity contribution >= 4 is 42.1 Å². The van der Waals surface area contributed by atoms with E-state index in [1.54, 1.807) is 5.38 Å². The Morgan fingerprint density at radius 3 is 2.70 bits per heavy atom. The molecule has 1 aliphatic rings. The van der Waals surface area contributed by atoms with E-state index in [2.05, 4.69) is 22.2 Å². The number of amides is 1. The van der Waals surface area contributed by atoms with Crippen LogP contribution in [-0.2, 0) is 6.54 Å². The maximum Gasteiger partial charge on any atom is 0.270 e. The van der Waals surface area contributed by atoms with E-state index in [9.17, 15) is 4.79 Å². The summed E-state index contributed by atoms with van der Waals surface area (Å²) >= 11 is 1.44. The maximum atomic E-state index is 11.9. The van der Waals surface area contributed by atoms with Crippen molar-refractivity contribution in [2.75, 3.05) is 20.1 Å². The van der Waals surface area contributed by atoms with Gasteiger partial charge in [0.25, 0.3) is 5.91 Å². The first-order chi connectivity index (χ1) is 10.2. The number of carbonyl (C=O) groups excluding carboxylic acids is 1. The van der Waals surface area contributed by atoms with Crippen molar-refractivity contribution in [2.24, 2.45) is 5.73 Å². The summed E-state index contributed by atoms with van der Waals surface area (Å²) in [5.41, 5.74) is 5.99. The Labute approximate surface area is 155 Å². The first kappa shape index (κ1) is 22.6. The molecule has 0 bridgehead atoms. The van der Waals surface area contributed by atoms with Gasteiger partial charge in [0.2, 0.25) is 0 Å². The van der Waals surface area contributed by atoms with Gasteiger partial charge in [0.15, 0.2) is 0 Å². The number of thiazole rings is 1. The Hall–Kier alpha value is -0.400. The number of hydrogen-bond donors (Lipinski definition) is 2. The van der Waals surface area contributed by atoms with Gasteiger partial charge in [-0.2, -0.15) is 0 Å². The van der Waals surface area contributed by atoms with Crippen molar-refractivity contribution < 1.29 is 4.79 Å². The molecule has 1 aliphatic carbocycles. The van der Waals surface area contributed by atoms with Crippen molar-refractivity contribution in [3.63, 3.8) is 0 Å². The average Bonchev–Trinajstić information content (AvgIpc) is 3.01. The second-order valence-electron chi connectivity index (χ2n) is 5.71. The highest BCUT2D eigenvalue weighted by Gasteiger charge is 2.17. The van der Waals surface area contributed by atoms with Crippen molar-refractivity contribution in [3.8, 4) is 0 Å². The van der Waals surface area contributed by atoms with E-state index in [4.69, 9.17) is 5.73 Å². The SMILES string of the molecule is CN(CCCNC(=O)c1csc(CN)n1)C1CCCCC1.Cl.Cl. The average molecular weight is 383 g/mol. The van der Waals surface area contributed by atoms with Crippen LogP contribution in [0.4, 0.5) is 0 Å². The summed E-state index contributed by atoms with van der Waals surface area (Å²) in [7, 11) is 2.20. The van der Waals surface area contributed by atoms with Crippen LogP contribution in [0.5, 0.6) is 0 Å². The number of carbonyl (C=O) groups is 1. The molecule has 1 saturated carbocycles. The van der Waals surface area contributed by atoms with Crippen LogP contribution in [0.15, 0.2) is 5.38 Å². The Balaban J connectivity index is 0.00000242. The predicted octanol–water partition coefficient (Wildman–Crippen LogP) is 2.83. The number of hydrogen-bond acceptors (Lipinski definition) is 5. The molecule has 1 aromatic rings. The van der Waals surface area contributed by atoms with Crippen LogP contribution in [0.1, 0.15) is 54.0 Å². The summed E-state index contributed by atoms with van der Waals surface area (Å²) in [6.07, 6.45) is 7.73. The topological polar surface area (TPSA) is 71.2 Å². The number of aromatic nitrogens is 1. The second-order valence-corrected chi connectivity index (χ2v) is 6.66. The molecule has 0 aromatic carbocycles. The highest BCUT2D eigenvalue weighted by molar-refractivity contribution is 7.09. The normalized spacial score (nSPS) is 14.9. The lowest BCUT2D eigenvalue weighted by Gasteiger charge is -2.31. The summed E-state index contributed by atoms with van der Waals surface area (Å²) in [5, 5.41) is 5.50. The third-order valence-electron chi connectivity index (χ3n) is 4.13. The van der Waals surface area contributed by atoms with Gasteiger partial charge in [0.1, 0.15) is 10.7 Å². The lowest BCUT2D eigenvalue weighted by molar-refractivity contribution is 0.0946. The molecule has 1 heterocycles. The zero-order chi connectivity index (χ0) is 15.1. The summed E-state index contributed by atoms with van der Waals surface area (Å²) in [6.45, 7) is 2.13. The van der Waals surface area contributed by atoms with Crippen LogP contribution >= 0.6 is 36.2 Å². The highest BCUT2D eigenvalue weighted by atomic mass is 35.5. The van der Waals surface area contributed by atoms with E-state index in [1.165, 1.54) is 43.4 Å². The van der Waals surface area contributed by atoms with E-state index in [1.807, 2.05) is 0 Å². The summed E-state index contributed by atoms with van der Waals surface area (Å²) in [6, 6.07) is 0.736. The fourth-order valence-corrected chi connectivity index (χ4v) is 3.49. The molecule has 23 heavy (non-hydrogen) atoms. The Bertz CT molecular complexity index is 452. The van der Waals surface area contributed by atoms with E-state index < -0.39 is 0 Å². The summed E-state index contributed by atoms with van der Waals surface area (Å²) in [5.74, 6) is -0.0914. The van der Waals surface area contributed by atoms with E-state index in [0.29, 0.717) is 18.8 Å². The fourth-order valence-electron chi connectivity index (χ4n) is 2.83. The number of halogens is 2. The molecule has 1 amide bonds. The lowest BCUT2D eigenvalue weighted by atomic mass is 9.94. The van der Waals surface area contributed by atoms with E-state index in [0.717, 1.165) is 24.0 Å². The van der Waals surface area contributed by atoms with Gasteiger partial charge in [-0.3, -0.25) is 4.79 Å². The molecule has 1 aromatic heterocycles. The number of nitrogens with zero attached hydrogens (tertiary/aromatic N) is 2. The Morgan fingerprint density at radius 1 is 1.39 bits per heavy atom. The monoisotopic (exact) mass is 382 g/mol. The molecule has 0 saturated heterocycles. The zero-order valence-corrected chi connectivity index (χ0v) is 16.1. The molecule has 1 fully saturated rings. The highest BCUT2D eigenvalue weighted by Crippen LogP contribution is 2.21. The van der Waals surface area contributed by atoms with E-state index >= 15 is 0 Å². The Kier molecular flexibility index (Phi) is 11.8. The first-order valence-electron chi connectivity index (χ1n) is 7.83. The molecule has 0 radical (unpaired) electrons. The minimum absolute atomic E-state index is 0. The summed E-state index contributed by atoms with van der Waals surface area (Å²) in [4.78, 5) is 18.5. The Morgan fingerprint density at radius 2 is 2.09 bits per heavy atom. The van der Waals surface area contributed by atoms with Gasteiger partial charge in [-0.1, -0.05) is 19.3 Å². The molecular formula is C15H28Cl2N4OS. The lowest BCUT2D eigenvalue weighted by Crippen LogP contribution is -2.35. The van der Waals surface area contributed by atoms with Gasteiger partial charge in [0.05, 0.1) is 0 Å². The minimum atomic E-state index is -0.0914. The van der Waals surface area contributed by atoms with E-state index in [-0.39, 0.29) is 30.7 Å². The van der Waals surface area contributed by atoms with Crippen molar-refractivity contribution in [3.05, 3.63) is 16.1 Å². The van der Waals surface area contributed by atoms with Crippen LogP contribution in [0, 0.1) is 0 Å². The zero-order valence-electron chi connectivity index (χ0n) is 13.6. The van der Waals surface area contributed by atoms with Crippen LogP contribution in [0.2, 0.25) is 0 Å².